The van der Waals surface area contributed by atoms with Crippen LogP contribution in [0.5, 0.6) is 5.75 Å². The molecule has 0 aliphatic heterocycles. The van der Waals surface area contributed by atoms with Crippen LogP contribution in [0.3, 0.4) is 0 Å². The largest absolute Gasteiger partial charge is 0.477 e. The number of carbonyl (C=O) groups excluding carboxylic acids is 2. The van der Waals surface area contributed by atoms with Crippen LogP contribution in [0.25, 0.3) is 0 Å². The number of nitrogens with zero attached hydrogens (tertiary/aromatic N) is 2. The SMILES string of the molecule is Cc1cccc(N(Cc2ccccc2)C(=O)COc2ccc(C=O)cc2[N+](=O)[O-])c1. The zero-order valence-corrected chi connectivity index (χ0v) is 16.4. The van der Waals surface area contributed by atoms with Crippen molar-refractivity contribution in [2.24, 2.45) is 0 Å². The van der Waals surface area contributed by atoms with Crippen LogP contribution in [-0.4, -0.2) is 23.7 Å². The topological polar surface area (TPSA) is 89.8 Å². The second-order valence-corrected chi connectivity index (χ2v) is 6.70. The van der Waals surface area contributed by atoms with E-state index in [1.165, 1.54) is 12.1 Å². The summed E-state index contributed by atoms with van der Waals surface area (Å²) in [5.74, 6) is -0.416. The number of aldehydes is 1. The lowest BCUT2D eigenvalue weighted by molar-refractivity contribution is -0.385. The molecule has 0 aliphatic rings. The summed E-state index contributed by atoms with van der Waals surface area (Å²) in [7, 11) is 0. The predicted octanol–water partition coefficient (Wildman–Crippen LogP) is 4.33. The van der Waals surface area contributed by atoms with Crippen LogP contribution < -0.4 is 9.64 Å². The molecule has 0 saturated carbocycles. The van der Waals surface area contributed by atoms with Gasteiger partial charge in [0.15, 0.2) is 12.4 Å². The summed E-state index contributed by atoms with van der Waals surface area (Å²) in [6.45, 7) is 1.88. The van der Waals surface area contributed by atoms with Crippen LogP contribution in [0, 0.1) is 17.0 Å². The summed E-state index contributed by atoms with van der Waals surface area (Å²) in [5.41, 5.74) is 2.44. The molecule has 0 N–H and O–H groups in total. The van der Waals surface area contributed by atoms with Crippen LogP contribution in [0.15, 0.2) is 72.8 Å². The highest BCUT2D eigenvalue weighted by Gasteiger charge is 2.21. The van der Waals surface area contributed by atoms with Crippen molar-refractivity contribution in [3.05, 3.63) is 99.6 Å². The van der Waals surface area contributed by atoms with Gasteiger partial charge in [-0.25, -0.2) is 0 Å². The molecule has 0 atom stereocenters. The van der Waals surface area contributed by atoms with E-state index in [0.717, 1.165) is 17.2 Å². The van der Waals surface area contributed by atoms with Gasteiger partial charge in [0.05, 0.1) is 11.5 Å². The third kappa shape index (κ3) is 5.08. The Hall–Kier alpha value is -4.00. The van der Waals surface area contributed by atoms with E-state index in [1.54, 1.807) is 4.90 Å². The average Bonchev–Trinajstić information content (AvgIpc) is 2.76. The van der Waals surface area contributed by atoms with Gasteiger partial charge in [0.25, 0.3) is 5.91 Å². The van der Waals surface area contributed by atoms with Gasteiger partial charge in [0, 0.05) is 17.3 Å². The first-order valence-corrected chi connectivity index (χ1v) is 9.25. The number of anilines is 1. The van der Waals surface area contributed by atoms with Gasteiger partial charge < -0.3 is 9.64 Å². The molecule has 0 bridgehead atoms. The second-order valence-electron chi connectivity index (χ2n) is 6.70. The van der Waals surface area contributed by atoms with Gasteiger partial charge >= 0.3 is 5.69 Å². The Kier molecular flexibility index (Phi) is 6.54. The minimum atomic E-state index is -0.644. The van der Waals surface area contributed by atoms with Crippen molar-refractivity contribution in [2.75, 3.05) is 11.5 Å². The fourth-order valence-corrected chi connectivity index (χ4v) is 2.98. The summed E-state index contributed by atoms with van der Waals surface area (Å²) in [5, 5.41) is 11.3. The number of ether oxygens (including phenoxy) is 1. The standard InChI is InChI=1S/C23H20N2O5/c1-17-6-5-9-20(12-17)24(14-18-7-3-2-4-8-18)23(27)16-30-22-11-10-19(15-26)13-21(22)25(28)29/h2-13,15H,14,16H2,1H3. The molecule has 3 rings (SSSR count). The fraction of sp³-hybridized carbons (Fsp3) is 0.130. The minimum Gasteiger partial charge on any atom is -0.477 e. The Bertz CT molecular complexity index is 1070. The molecule has 0 fully saturated rings. The number of amides is 1. The maximum atomic E-state index is 13.0. The van der Waals surface area contributed by atoms with Gasteiger partial charge in [-0.3, -0.25) is 19.7 Å². The van der Waals surface area contributed by atoms with E-state index in [0.29, 0.717) is 18.5 Å². The Labute approximate surface area is 173 Å². The molecular weight excluding hydrogens is 384 g/mol. The molecule has 0 spiro atoms. The number of nitro groups is 1. The molecule has 30 heavy (non-hydrogen) atoms. The third-order valence-electron chi connectivity index (χ3n) is 4.46. The summed E-state index contributed by atoms with van der Waals surface area (Å²) in [6, 6.07) is 20.9. The molecule has 3 aromatic rings. The highest BCUT2D eigenvalue weighted by Crippen LogP contribution is 2.28. The van der Waals surface area contributed by atoms with Crippen LogP contribution in [0.4, 0.5) is 11.4 Å². The van der Waals surface area contributed by atoms with Crippen molar-refractivity contribution in [3.8, 4) is 5.75 Å². The zero-order chi connectivity index (χ0) is 21.5. The monoisotopic (exact) mass is 404 g/mol. The Morgan fingerprint density at radius 1 is 1.07 bits per heavy atom. The lowest BCUT2D eigenvalue weighted by Crippen LogP contribution is -2.34. The highest BCUT2D eigenvalue weighted by molar-refractivity contribution is 5.94. The molecule has 3 aromatic carbocycles. The minimum absolute atomic E-state index is 0.0668. The number of hydrogen-bond donors (Lipinski definition) is 0. The Balaban J connectivity index is 1.83. The van der Waals surface area contributed by atoms with E-state index in [9.17, 15) is 19.7 Å². The number of benzene rings is 3. The van der Waals surface area contributed by atoms with E-state index in [1.807, 2.05) is 61.5 Å². The van der Waals surface area contributed by atoms with E-state index in [-0.39, 0.29) is 29.5 Å². The molecule has 7 heteroatoms. The number of carbonyl (C=O) groups is 2. The average molecular weight is 404 g/mol. The molecule has 0 aliphatic carbocycles. The van der Waals surface area contributed by atoms with Crippen molar-refractivity contribution in [1.82, 2.24) is 0 Å². The van der Waals surface area contributed by atoms with E-state index in [4.69, 9.17) is 4.74 Å². The quantitative estimate of drug-likeness (QED) is 0.317. The van der Waals surface area contributed by atoms with Crippen molar-refractivity contribution >= 4 is 23.6 Å². The second kappa shape index (κ2) is 9.47. The summed E-state index contributed by atoms with van der Waals surface area (Å²) >= 11 is 0. The van der Waals surface area contributed by atoms with Crippen LogP contribution >= 0.6 is 0 Å². The van der Waals surface area contributed by atoms with Gasteiger partial charge in [0.2, 0.25) is 0 Å². The number of hydrogen-bond acceptors (Lipinski definition) is 5. The van der Waals surface area contributed by atoms with Gasteiger partial charge in [0.1, 0.15) is 6.29 Å². The first-order valence-electron chi connectivity index (χ1n) is 9.25. The maximum absolute atomic E-state index is 13.0. The van der Waals surface area contributed by atoms with E-state index in [2.05, 4.69) is 0 Å². The van der Waals surface area contributed by atoms with Gasteiger partial charge in [-0.2, -0.15) is 0 Å². The van der Waals surface area contributed by atoms with Crippen LogP contribution in [0.1, 0.15) is 21.5 Å². The van der Waals surface area contributed by atoms with Gasteiger partial charge in [-0.1, -0.05) is 42.5 Å². The van der Waals surface area contributed by atoms with Crippen molar-refractivity contribution in [1.29, 1.82) is 0 Å². The normalized spacial score (nSPS) is 10.3. The lowest BCUT2D eigenvalue weighted by Gasteiger charge is -2.23. The van der Waals surface area contributed by atoms with E-state index < -0.39 is 4.92 Å². The fourth-order valence-electron chi connectivity index (χ4n) is 2.98. The number of nitro benzene ring substituents is 1. The van der Waals surface area contributed by atoms with Crippen molar-refractivity contribution in [2.45, 2.75) is 13.5 Å². The van der Waals surface area contributed by atoms with Gasteiger partial charge in [-0.05, 0) is 42.3 Å². The number of rotatable bonds is 8. The predicted molar refractivity (Wildman–Crippen MR) is 113 cm³/mol. The molecule has 0 saturated heterocycles. The first kappa shape index (κ1) is 20.7. The molecule has 0 aromatic heterocycles. The third-order valence-corrected chi connectivity index (χ3v) is 4.46. The molecule has 0 heterocycles. The lowest BCUT2D eigenvalue weighted by atomic mass is 10.1. The van der Waals surface area contributed by atoms with Crippen molar-refractivity contribution in [3.63, 3.8) is 0 Å². The first-order chi connectivity index (χ1) is 14.5. The summed E-state index contributed by atoms with van der Waals surface area (Å²) in [4.78, 5) is 36.1. The molecule has 7 nitrogen and oxygen atoms in total. The number of aryl methyl sites for hydroxylation is 1. The molecule has 152 valence electrons. The molecular formula is C23H20N2O5. The molecule has 0 unspecified atom stereocenters. The highest BCUT2D eigenvalue weighted by atomic mass is 16.6. The van der Waals surface area contributed by atoms with E-state index >= 15 is 0 Å². The molecule has 0 radical (unpaired) electrons. The van der Waals surface area contributed by atoms with Gasteiger partial charge in [-0.15, -0.1) is 0 Å². The smallest absolute Gasteiger partial charge is 0.311 e. The van der Waals surface area contributed by atoms with Crippen molar-refractivity contribution < 1.29 is 19.2 Å². The summed E-state index contributed by atoms with van der Waals surface area (Å²) < 4.78 is 5.48. The Morgan fingerprint density at radius 3 is 2.50 bits per heavy atom. The van der Waals surface area contributed by atoms with Crippen LogP contribution in [-0.2, 0) is 11.3 Å². The summed E-state index contributed by atoms with van der Waals surface area (Å²) in [6.07, 6.45) is 0.515. The van der Waals surface area contributed by atoms with Crippen LogP contribution in [0.2, 0.25) is 0 Å². The zero-order valence-electron chi connectivity index (χ0n) is 16.4. The maximum Gasteiger partial charge on any atom is 0.311 e. The Morgan fingerprint density at radius 2 is 1.83 bits per heavy atom. The molecule has 1 amide bonds.